The third kappa shape index (κ3) is 3.37. The summed E-state index contributed by atoms with van der Waals surface area (Å²) >= 11 is 0. The zero-order valence-corrected chi connectivity index (χ0v) is 14.3. The Kier molecular flexibility index (Phi) is 4.88. The van der Waals surface area contributed by atoms with Gasteiger partial charge in [-0.25, -0.2) is 0 Å². The van der Waals surface area contributed by atoms with Gasteiger partial charge in [0.25, 0.3) is 0 Å². The van der Waals surface area contributed by atoms with E-state index in [2.05, 4.69) is 34.1 Å². The lowest BCUT2D eigenvalue weighted by Crippen LogP contribution is -2.42. The molecule has 0 amide bonds. The minimum Gasteiger partial charge on any atom is -0.391 e. The summed E-state index contributed by atoms with van der Waals surface area (Å²) in [5.74, 6) is 0.959. The third-order valence-electron chi connectivity index (χ3n) is 5.84. The molecule has 24 heavy (non-hydrogen) atoms. The highest BCUT2D eigenvalue weighted by atomic mass is 16.5. The molecule has 2 aliphatic rings. The van der Waals surface area contributed by atoms with E-state index in [0.717, 1.165) is 45.7 Å². The number of rotatable bonds is 4. The minimum absolute atomic E-state index is 0.241. The molecule has 2 saturated heterocycles. The fourth-order valence-corrected chi connectivity index (χ4v) is 4.37. The number of benzene rings is 1. The van der Waals surface area contributed by atoms with Crippen molar-refractivity contribution in [3.63, 3.8) is 0 Å². The van der Waals surface area contributed by atoms with Crippen molar-refractivity contribution in [3.05, 3.63) is 36.0 Å². The van der Waals surface area contributed by atoms with E-state index in [-0.39, 0.29) is 6.10 Å². The van der Waals surface area contributed by atoms with Crippen LogP contribution in [-0.2, 0) is 4.74 Å². The van der Waals surface area contributed by atoms with Crippen LogP contribution in [0, 0.1) is 5.92 Å². The minimum atomic E-state index is -0.241. The topological polar surface area (TPSA) is 48.5 Å². The van der Waals surface area contributed by atoms with Gasteiger partial charge in [0, 0.05) is 36.2 Å². The maximum Gasteiger partial charge on any atom is 0.0717 e. The molecule has 4 nitrogen and oxygen atoms in total. The molecule has 2 fully saturated rings. The Hall–Kier alpha value is -1.36. The van der Waals surface area contributed by atoms with Crippen molar-refractivity contribution in [2.75, 3.05) is 32.8 Å². The lowest BCUT2D eigenvalue weighted by Gasteiger charge is -2.36. The number of β-amino-alcohol motifs (C(OH)–C–C–N with tert-alkyl or cyclic N) is 1. The summed E-state index contributed by atoms with van der Waals surface area (Å²) in [6.45, 7) is 4.55. The Morgan fingerprint density at radius 2 is 2.08 bits per heavy atom. The van der Waals surface area contributed by atoms with Gasteiger partial charge in [0.1, 0.15) is 0 Å². The summed E-state index contributed by atoms with van der Waals surface area (Å²) < 4.78 is 5.52. The van der Waals surface area contributed by atoms with Gasteiger partial charge in [-0.05, 0) is 62.4 Å². The number of aromatic nitrogens is 1. The first-order chi connectivity index (χ1) is 11.8. The second-order valence-electron chi connectivity index (χ2n) is 7.41. The Morgan fingerprint density at radius 3 is 2.88 bits per heavy atom. The molecule has 4 rings (SSSR count). The Balaban J connectivity index is 1.34. The summed E-state index contributed by atoms with van der Waals surface area (Å²) in [4.78, 5) is 5.75. The highest BCUT2D eigenvalue weighted by molar-refractivity contribution is 5.83. The van der Waals surface area contributed by atoms with Gasteiger partial charge in [0.05, 0.1) is 12.7 Å². The van der Waals surface area contributed by atoms with Crippen molar-refractivity contribution in [1.82, 2.24) is 9.88 Å². The zero-order chi connectivity index (χ0) is 16.4. The van der Waals surface area contributed by atoms with Gasteiger partial charge in [0.15, 0.2) is 0 Å². The van der Waals surface area contributed by atoms with E-state index in [0.29, 0.717) is 11.8 Å². The molecule has 130 valence electrons. The molecule has 2 aromatic rings. The van der Waals surface area contributed by atoms with Gasteiger partial charge in [-0.1, -0.05) is 12.1 Å². The van der Waals surface area contributed by atoms with Crippen molar-refractivity contribution in [2.45, 2.75) is 37.7 Å². The summed E-state index contributed by atoms with van der Waals surface area (Å²) in [6, 6.07) is 8.79. The molecule has 4 heteroatoms. The Bertz CT molecular complexity index is 654. The summed E-state index contributed by atoms with van der Waals surface area (Å²) in [5, 5.41) is 11.9. The van der Waals surface area contributed by atoms with E-state index in [9.17, 15) is 5.11 Å². The molecule has 2 N–H and O–H groups in total. The van der Waals surface area contributed by atoms with Crippen molar-refractivity contribution in [2.24, 2.45) is 5.92 Å². The van der Waals surface area contributed by atoms with Gasteiger partial charge < -0.3 is 19.7 Å². The summed E-state index contributed by atoms with van der Waals surface area (Å²) in [7, 11) is 0. The number of ether oxygens (including phenoxy) is 1. The SMILES string of the molecule is OC(CN1CCC(c2cccc3[nH]ccc23)CC1)C1CCCOC1. The van der Waals surface area contributed by atoms with Crippen molar-refractivity contribution in [3.8, 4) is 0 Å². The van der Waals surface area contributed by atoms with E-state index < -0.39 is 0 Å². The molecule has 3 heterocycles. The molecule has 1 aromatic heterocycles. The van der Waals surface area contributed by atoms with Gasteiger partial charge in [0.2, 0.25) is 0 Å². The van der Waals surface area contributed by atoms with Crippen LogP contribution in [0.5, 0.6) is 0 Å². The number of aromatic amines is 1. The van der Waals surface area contributed by atoms with Crippen molar-refractivity contribution >= 4 is 10.9 Å². The fourth-order valence-electron chi connectivity index (χ4n) is 4.37. The average Bonchev–Trinajstić information content (AvgIpc) is 3.12. The first-order valence-electron chi connectivity index (χ1n) is 9.35. The first kappa shape index (κ1) is 16.1. The van der Waals surface area contributed by atoms with Gasteiger partial charge >= 0.3 is 0 Å². The fraction of sp³-hybridized carbons (Fsp3) is 0.600. The molecule has 0 saturated carbocycles. The molecular weight excluding hydrogens is 300 g/mol. The van der Waals surface area contributed by atoms with Crippen LogP contribution < -0.4 is 0 Å². The number of fused-ring (bicyclic) bond motifs is 1. The van der Waals surface area contributed by atoms with Crippen LogP contribution in [0.3, 0.4) is 0 Å². The number of likely N-dealkylation sites (tertiary alicyclic amines) is 1. The van der Waals surface area contributed by atoms with Gasteiger partial charge in [-0.3, -0.25) is 0 Å². The lowest BCUT2D eigenvalue weighted by atomic mass is 9.87. The average molecular weight is 328 g/mol. The summed E-state index contributed by atoms with van der Waals surface area (Å²) in [6.07, 6.45) is 6.34. The van der Waals surface area contributed by atoms with Gasteiger partial charge in [-0.2, -0.15) is 0 Å². The number of piperidine rings is 1. The van der Waals surface area contributed by atoms with Crippen LogP contribution >= 0.6 is 0 Å². The van der Waals surface area contributed by atoms with E-state index in [1.807, 2.05) is 6.20 Å². The smallest absolute Gasteiger partial charge is 0.0717 e. The summed E-state index contributed by atoms with van der Waals surface area (Å²) in [5.41, 5.74) is 2.72. The molecule has 1 aromatic carbocycles. The Morgan fingerprint density at radius 1 is 1.21 bits per heavy atom. The molecule has 0 radical (unpaired) electrons. The molecule has 0 bridgehead atoms. The maximum absolute atomic E-state index is 10.5. The number of nitrogens with zero attached hydrogens (tertiary/aromatic N) is 1. The molecule has 0 aliphatic carbocycles. The molecule has 0 spiro atoms. The van der Waals surface area contributed by atoms with Crippen LogP contribution in [0.25, 0.3) is 10.9 Å². The maximum atomic E-state index is 10.5. The van der Waals surface area contributed by atoms with E-state index in [1.54, 1.807) is 0 Å². The Labute approximate surface area is 143 Å². The molecule has 2 unspecified atom stereocenters. The number of nitrogens with one attached hydrogen (secondary N) is 1. The predicted octanol–water partition coefficient (Wildman–Crippen LogP) is 3.13. The highest BCUT2D eigenvalue weighted by Gasteiger charge is 2.27. The third-order valence-corrected chi connectivity index (χ3v) is 5.84. The molecule has 2 atom stereocenters. The van der Waals surface area contributed by atoms with E-state index in [4.69, 9.17) is 4.74 Å². The first-order valence-corrected chi connectivity index (χ1v) is 9.35. The number of hydrogen-bond acceptors (Lipinski definition) is 3. The number of aliphatic hydroxyl groups is 1. The van der Waals surface area contributed by atoms with Crippen LogP contribution in [0.2, 0.25) is 0 Å². The highest BCUT2D eigenvalue weighted by Crippen LogP contribution is 2.33. The van der Waals surface area contributed by atoms with Crippen LogP contribution in [0.4, 0.5) is 0 Å². The second kappa shape index (κ2) is 7.26. The normalized spacial score (nSPS) is 25.1. The number of hydrogen-bond donors (Lipinski definition) is 2. The molecular formula is C20H28N2O2. The zero-order valence-electron chi connectivity index (χ0n) is 14.3. The van der Waals surface area contributed by atoms with Crippen LogP contribution in [0.1, 0.15) is 37.2 Å². The number of aliphatic hydroxyl groups excluding tert-OH is 1. The van der Waals surface area contributed by atoms with E-state index >= 15 is 0 Å². The van der Waals surface area contributed by atoms with Crippen molar-refractivity contribution < 1.29 is 9.84 Å². The quantitative estimate of drug-likeness (QED) is 0.906. The number of H-pyrrole nitrogens is 1. The largest absolute Gasteiger partial charge is 0.391 e. The second-order valence-corrected chi connectivity index (χ2v) is 7.41. The van der Waals surface area contributed by atoms with Crippen LogP contribution in [0.15, 0.2) is 30.5 Å². The van der Waals surface area contributed by atoms with Gasteiger partial charge in [-0.15, -0.1) is 0 Å². The van der Waals surface area contributed by atoms with Crippen LogP contribution in [-0.4, -0.2) is 53.9 Å². The molecule has 2 aliphatic heterocycles. The van der Waals surface area contributed by atoms with Crippen molar-refractivity contribution in [1.29, 1.82) is 0 Å². The standard InChI is InChI=1S/C20H28N2O2/c23-20(16-3-2-12-24-14-16)13-22-10-7-15(8-11-22)17-4-1-5-19-18(17)6-9-21-19/h1,4-6,9,15-16,20-21,23H,2-3,7-8,10-14H2. The van der Waals surface area contributed by atoms with E-state index in [1.165, 1.54) is 29.3 Å². The predicted molar refractivity (Wildman–Crippen MR) is 96.3 cm³/mol. The monoisotopic (exact) mass is 328 g/mol. The lowest BCUT2D eigenvalue weighted by molar-refractivity contribution is -0.0241.